The first-order chi connectivity index (χ1) is 9.15. The Hall–Kier alpha value is -0.860. The minimum Gasteiger partial charge on any atom is -0.312 e. The summed E-state index contributed by atoms with van der Waals surface area (Å²) in [6, 6.07) is 8.23. The second kappa shape index (κ2) is 5.26. The van der Waals surface area contributed by atoms with Crippen molar-refractivity contribution in [1.29, 1.82) is 0 Å². The number of nitrogens with one attached hydrogen (secondary N) is 1. The molecule has 3 atom stereocenters. The maximum atomic E-state index is 3.70. The van der Waals surface area contributed by atoms with Crippen LogP contribution in [0.2, 0.25) is 0 Å². The fourth-order valence-corrected chi connectivity index (χ4v) is 3.63. The van der Waals surface area contributed by atoms with E-state index >= 15 is 0 Å². The van der Waals surface area contributed by atoms with E-state index in [9.17, 15) is 0 Å². The van der Waals surface area contributed by atoms with Crippen molar-refractivity contribution in [2.24, 2.45) is 5.92 Å². The Morgan fingerprint density at radius 3 is 2.79 bits per heavy atom. The number of fused-ring (bicyclic) bond motifs is 1. The van der Waals surface area contributed by atoms with Gasteiger partial charge in [-0.2, -0.15) is 0 Å². The summed E-state index contributed by atoms with van der Waals surface area (Å²) in [5.74, 6) is 0.878. The van der Waals surface area contributed by atoms with Crippen molar-refractivity contribution in [1.82, 2.24) is 10.2 Å². The summed E-state index contributed by atoms with van der Waals surface area (Å²) in [5, 5.41) is 3.70. The predicted octanol–water partition coefficient (Wildman–Crippen LogP) is 3.05. The molecule has 19 heavy (non-hydrogen) atoms. The van der Waals surface area contributed by atoms with Crippen LogP contribution >= 0.6 is 0 Å². The second-order valence-corrected chi connectivity index (χ2v) is 6.44. The highest BCUT2D eigenvalue weighted by atomic mass is 15.2. The quantitative estimate of drug-likeness (QED) is 0.877. The number of piperidine rings is 1. The number of likely N-dealkylation sites (tertiary alicyclic amines) is 1. The van der Waals surface area contributed by atoms with Crippen molar-refractivity contribution in [3.63, 3.8) is 0 Å². The molecule has 0 saturated carbocycles. The van der Waals surface area contributed by atoms with Gasteiger partial charge in [0, 0.05) is 25.2 Å². The molecule has 2 saturated heterocycles. The molecule has 0 radical (unpaired) electrons. The standard InChI is InChI=1S/C17H26N2/c1-12-6-7-15(9-13(12)2)14(3)19-10-16-5-4-8-18-17(16)11-19/h6-7,9,14,16-18H,4-5,8,10-11H2,1-3H3/t14?,16-,17+/m0/s1. The Bertz CT molecular complexity index is 441. The lowest BCUT2D eigenvalue weighted by molar-refractivity contribution is 0.251. The number of hydrogen-bond acceptors (Lipinski definition) is 2. The van der Waals surface area contributed by atoms with E-state index in [2.05, 4.69) is 49.2 Å². The van der Waals surface area contributed by atoms with Gasteiger partial charge in [0.2, 0.25) is 0 Å². The molecule has 1 aromatic rings. The third-order valence-corrected chi connectivity index (χ3v) is 5.19. The maximum absolute atomic E-state index is 3.70. The van der Waals surface area contributed by atoms with Gasteiger partial charge in [-0.3, -0.25) is 4.90 Å². The Morgan fingerprint density at radius 2 is 2.05 bits per heavy atom. The molecule has 2 heteroatoms. The molecular weight excluding hydrogens is 232 g/mol. The molecule has 0 amide bonds. The van der Waals surface area contributed by atoms with Gasteiger partial charge < -0.3 is 5.32 Å². The number of hydrogen-bond donors (Lipinski definition) is 1. The molecule has 2 fully saturated rings. The van der Waals surface area contributed by atoms with Crippen LogP contribution in [0.3, 0.4) is 0 Å². The van der Waals surface area contributed by atoms with E-state index in [1.165, 1.54) is 49.2 Å². The molecular formula is C17H26N2. The number of aryl methyl sites for hydroxylation is 2. The van der Waals surface area contributed by atoms with Crippen LogP contribution in [-0.2, 0) is 0 Å². The molecule has 104 valence electrons. The molecule has 0 spiro atoms. The zero-order valence-corrected chi connectivity index (χ0v) is 12.4. The average Bonchev–Trinajstić information content (AvgIpc) is 2.85. The molecule has 1 aromatic carbocycles. The number of benzene rings is 1. The van der Waals surface area contributed by atoms with Crippen molar-refractivity contribution < 1.29 is 0 Å². The van der Waals surface area contributed by atoms with Crippen LogP contribution in [0.25, 0.3) is 0 Å². The largest absolute Gasteiger partial charge is 0.312 e. The molecule has 0 aliphatic carbocycles. The SMILES string of the molecule is Cc1ccc(C(C)N2C[C@@H]3CCCN[C@@H]3C2)cc1C. The molecule has 0 aromatic heterocycles. The Balaban J connectivity index is 1.73. The summed E-state index contributed by atoms with van der Waals surface area (Å²) in [6.45, 7) is 10.5. The van der Waals surface area contributed by atoms with E-state index in [0.29, 0.717) is 6.04 Å². The van der Waals surface area contributed by atoms with Gasteiger partial charge in [0.25, 0.3) is 0 Å². The van der Waals surface area contributed by atoms with E-state index in [4.69, 9.17) is 0 Å². The normalized spacial score (nSPS) is 29.2. The van der Waals surface area contributed by atoms with Gasteiger partial charge in [0.05, 0.1) is 0 Å². The van der Waals surface area contributed by atoms with Gasteiger partial charge in [0.1, 0.15) is 0 Å². The van der Waals surface area contributed by atoms with E-state index < -0.39 is 0 Å². The highest BCUT2D eigenvalue weighted by Gasteiger charge is 2.36. The summed E-state index contributed by atoms with van der Waals surface area (Å²) in [7, 11) is 0. The van der Waals surface area contributed by atoms with Crippen LogP contribution in [0.5, 0.6) is 0 Å². The van der Waals surface area contributed by atoms with Gasteiger partial charge in [-0.25, -0.2) is 0 Å². The second-order valence-electron chi connectivity index (χ2n) is 6.44. The first-order valence-electron chi connectivity index (χ1n) is 7.70. The summed E-state index contributed by atoms with van der Waals surface area (Å²) in [4.78, 5) is 2.66. The van der Waals surface area contributed by atoms with Crippen molar-refractivity contribution in [3.8, 4) is 0 Å². The third kappa shape index (κ3) is 2.56. The third-order valence-electron chi connectivity index (χ3n) is 5.19. The van der Waals surface area contributed by atoms with Gasteiger partial charge in [0.15, 0.2) is 0 Å². The van der Waals surface area contributed by atoms with Crippen LogP contribution < -0.4 is 5.32 Å². The first-order valence-corrected chi connectivity index (χ1v) is 7.70. The van der Waals surface area contributed by atoms with Gasteiger partial charge in [-0.1, -0.05) is 18.2 Å². The minimum atomic E-state index is 0.548. The van der Waals surface area contributed by atoms with Crippen molar-refractivity contribution in [2.45, 2.75) is 45.7 Å². The fourth-order valence-electron chi connectivity index (χ4n) is 3.63. The number of rotatable bonds is 2. The zero-order valence-electron chi connectivity index (χ0n) is 12.4. The van der Waals surface area contributed by atoms with Crippen LogP contribution in [0.15, 0.2) is 18.2 Å². The zero-order chi connectivity index (χ0) is 13.4. The summed E-state index contributed by atoms with van der Waals surface area (Å²) < 4.78 is 0. The first kappa shape index (κ1) is 13.1. The predicted molar refractivity (Wildman–Crippen MR) is 80.4 cm³/mol. The van der Waals surface area contributed by atoms with Crippen LogP contribution in [-0.4, -0.2) is 30.6 Å². The molecule has 2 aliphatic rings. The van der Waals surface area contributed by atoms with Crippen LogP contribution in [0.1, 0.15) is 42.5 Å². The van der Waals surface area contributed by atoms with E-state index in [-0.39, 0.29) is 0 Å². The molecule has 2 aliphatic heterocycles. The topological polar surface area (TPSA) is 15.3 Å². The minimum absolute atomic E-state index is 0.548. The molecule has 2 heterocycles. The lowest BCUT2D eigenvalue weighted by atomic mass is 9.94. The fraction of sp³-hybridized carbons (Fsp3) is 0.647. The van der Waals surface area contributed by atoms with E-state index in [1.54, 1.807) is 0 Å². The lowest BCUT2D eigenvalue weighted by Crippen LogP contribution is -2.40. The summed E-state index contributed by atoms with van der Waals surface area (Å²) in [6.07, 6.45) is 2.76. The van der Waals surface area contributed by atoms with Gasteiger partial charge in [-0.05, 0) is 62.8 Å². The summed E-state index contributed by atoms with van der Waals surface area (Å²) in [5.41, 5.74) is 4.29. The van der Waals surface area contributed by atoms with Gasteiger partial charge in [-0.15, -0.1) is 0 Å². The van der Waals surface area contributed by atoms with Gasteiger partial charge >= 0.3 is 0 Å². The van der Waals surface area contributed by atoms with Crippen molar-refractivity contribution in [3.05, 3.63) is 34.9 Å². The van der Waals surface area contributed by atoms with Crippen LogP contribution in [0, 0.1) is 19.8 Å². The summed E-state index contributed by atoms with van der Waals surface area (Å²) >= 11 is 0. The average molecular weight is 258 g/mol. The van der Waals surface area contributed by atoms with Crippen LogP contribution in [0.4, 0.5) is 0 Å². The molecule has 1 N–H and O–H groups in total. The maximum Gasteiger partial charge on any atom is 0.0320 e. The van der Waals surface area contributed by atoms with Crippen molar-refractivity contribution in [2.75, 3.05) is 19.6 Å². The highest BCUT2D eigenvalue weighted by Crippen LogP contribution is 2.31. The Kier molecular flexibility index (Phi) is 3.64. The van der Waals surface area contributed by atoms with Crippen molar-refractivity contribution >= 4 is 0 Å². The molecule has 3 rings (SSSR count). The number of nitrogens with zero attached hydrogens (tertiary/aromatic N) is 1. The Morgan fingerprint density at radius 1 is 1.21 bits per heavy atom. The monoisotopic (exact) mass is 258 g/mol. The lowest BCUT2D eigenvalue weighted by Gasteiger charge is -2.25. The van der Waals surface area contributed by atoms with E-state index in [1.807, 2.05) is 0 Å². The smallest absolute Gasteiger partial charge is 0.0320 e. The Labute approximate surface area is 117 Å². The molecule has 2 nitrogen and oxygen atoms in total. The highest BCUT2D eigenvalue weighted by molar-refractivity contribution is 5.31. The molecule has 1 unspecified atom stereocenters. The molecule has 0 bridgehead atoms. The van der Waals surface area contributed by atoms with E-state index in [0.717, 1.165) is 12.0 Å².